The van der Waals surface area contributed by atoms with Crippen molar-refractivity contribution in [3.63, 3.8) is 0 Å². The van der Waals surface area contributed by atoms with E-state index in [0.29, 0.717) is 30.7 Å². The highest BCUT2D eigenvalue weighted by atomic mass is 16.1. The van der Waals surface area contributed by atoms with Gasteiger partial charge in [0, 0.05) is 31.5 Å². The average Bonchev–Trinajstić information content (AvgIpc) is 2.40. The predicted octanol–water partition coefficient (Wildman–Crippen LogP) is 2.64. The second-order valence-electron chi connectivity index (χ2n) is 5.67. The number of nitriles is 1. The lowest BCUT2D eigenvalue weighted by Gasteiger charge is -2.45. The van der Waals surface area contributed by atoms with E-state index in [0.717, 1.165) is 24.9 Å². The molecular weight excluding hydrogens is 236 g/mol. The van der Waals surface area contributed by atoms with Crippen LogP contribution in [0.2, 0.25) is 0 Å². The van der Waals surface area contributed by atoms with Crippen molar-refractivity contribution in [2.45, 2.75) is 50.7 Å². The van der Waals surface area contributed by atoms with Crippen LogP contribution in [0.25, 0.3) is 0 Å². The van der Waals surface area contributed by atoms with Gasteiger partial charge in [0.15, 0.2) is 0 Å². The fourth-order valence-corrected chi connectivity index (χ4v) is 3.47. The first kappa shape index (κ1) is 12.4. The minimum atomic E-state index is 0.422. The van der Waals surface area contributed by atoms with Crippen molar-refractivity contribution < 1.29 is 4.79 Å². The van der Waals surface area contributed by atoms with Gasteiger partial charge in [-0.05, 0) is 30.5 Å². The van der Waals surface area contributed by atoms with Crippen LogP contribution in [0.3, 0.4) is 0 Å². The van der Waals surface area contributed by atoms with Crippen LogP contribution in [0, 0.1) is 11.3 Å². The van der Waals surface area contributed by atoms with Crippen molar-refractivity contribution in [2.75, 3.05) is 0 Å². The van der Waals surface area contributed by atoms with Gasteiger partial charge < -0.3 is 0 Å². The van der Waals surface area contributed by atoms with E-state index < -0.39 is 0 Å². The smallest absolute Gasteiger partial charge is 0.136 e. The molecule has 2 saturated heterocycles. The van der Waals surface area contributed by atoms with Crippen LogP contribution in [0.4, 0.5) is 0 Å². The van der Waals surface area contributed by atoms with Crippen molar-refractivity contribution in [3.8, 4) is 6.07 Å². The summed E-state index contributed by atoms with van der Waals surface area (Å²) < 4.78 is 0. The number of hydrogen-bond donors (Lipinski definition) is 0. The van der Waals surface area contributed by atoms with Crippen LogP contribution in [0.5, 0.6) is 0 Å². The van der Waals surface area contributed by atoms with Crippen LogP contribution < -0.4 is 0 Å². The summed E-state index contributed by atoms with van der Waals surface area (Å²) in [5.74, 6) is 0.428. The minimum absolute atomic E-state index is 0.422. The van der Waals surface area contributed by atoms with E-state index in [2.05, 4.69) is 17.0 Å². The van der Waals surface area contributed by atoms with Gasteiger partial charge in [-0.15, -0.1) is 0 Å². The molecule has 2 fully saturated rings. The molecule has 0 N–H and O–H groups in total. The Morgan fingerprint density at radius 1 is 1.26 bits per heavy atom. The van der Waals surface area contributed by atoms with Crippen molar-refractivity contribution in [3.05, 3.63) is 35.4 Å². The Bertz CT molecular complexity index is 516. The normalized spacial score (nSPS) is 27.0. The third-order valence-corrected chi connectivity index (χ3v) is 4.36. The zero-order valence-corrected chi connectivity index (χ0v) is 11.0. The Hall–Kier alpha value is -1.66. The molecule has 1 aromatic carbocycles. The lowest BCUT2D eigenvalue weighted by molar-refractivity contribution is -0.127. The van der Waals surface area contributed by atoms with Gasteiger partial charge in [0.1, 0.15) is 5.78 Å². The third-order valence-electron chi connectivity index (χ3n) is 4.36. The highest BCUT2D eigenvalue weighted by Gasteiger charge is 2.37. The number of piperidine rings is 2. The summed E-state index contributed by atoms with van der Waals surface area (Å²) in [6.07, 6.45) is 4.96. The molecule has 2 aliphatic rings. The fraction of sp³-hybridized carbons (Fsp3) is 0.500. The van der Waals surface area contributed by atoms with E-state index in [1.165, 1.54) is 12.0 Å². The van der Waals surface area contributed by atoms with Gasteiger partial charge in [0.05, 0.1) is 11.6 Å². The number of carbonyl (C=O) groups excluding carboxylic acids is 1. The monoisotopic (exact) mass is 254 g/mol. The van der Waals surface area contributed by atoms with Gasteiger partial charge in [-0.3, -0.25) is 9.69 Å². The second-order valence-corrected chi connectivity index (χ2v) is 5.67. The number of carbonyl (C=O) groups is 1. The number of ketones is 1. The highest BCUT2D eigenvalue weighted by molar-refractivity contribution is 5.80. The number of Topliss-reactive ketones (excluding diaryl/α,β-unsaturated/α-hetero) is 1. The SMILES string of the molecule is N#Cc1cccc(CN2C3CCCC2CC(=O)C3)c1. The molecule has 0 saturated carbocycles. The maximum absolute atomic E-state index is 11.7. The molecular formula is C16H18N2O. The van der Waals surface area contributed by atoms with Gasteiger partial charge in [-0.1, -0.05) is 18.6 Å². The fourth-order valence-electron chi connectivity index (χ4n) is 3.47. The Kier molecular flexibility index (Phi) is 3.35. The molecule has 2 atom stereocenters. The maximum atomic E-state index is 11.7. The summed E-state index contributed by atoms with van der Waals surface area (Å²) in [5.41, 5.74) is 1.90. The molecule has 0 radical (unpaired) electrons. The molecule has 98 valence electrons. The third kappa shape index (κ3) is 2.54. The number of benzene rings is 1. The molecule has 0 aliphatic carbocycles. The van der Waals surface area contributed by atoms with Gasteiger partial charge in [0.2, 0.25) is 0 Å². The minimum Gasteiger partial charge on any atom is -0.300 e. The van der Waals surface area contributed by atoms with E-state index in [9.17, 15) is 4.79 Å². The van der Waals surface area contributed by atoms with Crippen LogP contribution in [-0.4, -0.2) is 22.8 Å². The predicted molar refractivity (Wildman–Crippen MR) is 72.4 cm³/mol. The number of rotatable bonds is 2. The zero-order chi connectivity index (χ0) is 13.2. The average molecular weight is 254 g/mol. The van der Waals surface area contributed by atoms with E-state index in [1.54, 1.807) is 0 Å². The number of nitrogens with zero attached hydrogens (tertiary/aromatic N) is 2. The summed E-state index contributed by atoms with van der Waals surface area (Å²) in [4.78, 5) is 14.2. The Balaban J connectivity index is 1.78. The van der Waals surface area contributed by atoms with Gasteiger partial charge in [-0.25, -0.2) is 0 Å². The molecule has 0 spiro atoms. The summed E-state index contributed by atoms with van der Waals surface area (Å²) >= 11 is 0. The molecule has 3 rings (SSSR count). The molecule has 0 aromatic heterocycles. The topological polar surface area (TPSA) is 44.1 Å². The lowest BCUT2D eigenvalue weighted by atomic mass is 9.83. The number of fused-ring (bicyclic) bond motifs is 2. The largest absolute Gasteiger partial charge is 0.300 e. The zero-order valence-electron chi connectivity index (χ0n) is 11.0. The van der Waals surface area contributed by atoms with E-state index >= 15 is 0 Å². The van der Waals surface area contributed by atoms with E-state index in [-0.39, 0.29) is 0 Å². The van der Waals surface area contributed by atoms with Crippen molar-refractivity contribution in [1.29, 1.82) is 5.26 Å². The van der Waals surface area contributed by atoms with Crippen molar-refractivity contribution in [1.82, 2.24) is 4.90 Å². The summed E-state index contributed by atoms with van der Waals surface area (Å²) in [6, 6.07) is 10.9. The Morgan fingerprint density at radius 2 is 2.00 bits per heavy atom. The van der Waals surface area contributed by atoms with Gasteiger partial charge >= 0.3 is 0 Å². The lowest BCUT2D eigenvalue weighted by Crippen LogP contribution is -2.51. The summed E-state index contributed by atoms with van der Waals surface area (Å²) in [7, 11) is 0. The van der Waals surface area contributed by atoms with Crippen molar-refractivity contribution >= 4 is 5.78 Å². The first-order chi connectivity index (χ1) is 9.26. The second kappa shape index (κ2) is 5.14. The molecule has 3 heteroatoms. The molecule has 2 aliphatic heterocycles. The van der Waals surface area contributed by atoms with E-state index in [1.807, 2.05) is 18.2 Å². The summed E-state index contributed by atoms with van der Waals surface area (Å²) in [6.45, 7) is 0.873. The first-order valence-electron chi connectivity index (χ1n) is 7.03. The van der Waals surface area contributed by atoms with Crippen molar-refractivity contribution in [2.24, 2.45) is 0 Å². The van der Waals surface area contributed by atoms with Crippen LogP contribution in [-0.2, 0) is 11.3 Å². The van der Waals surface area contributed by atoms with Gasteiger partial charge in [-0.2, -0.15) is 5.26 Å². The molecule has 2 heterocycles. The van der Waals surface area contributed by atoms with Crippen LogP contribution in [0.15, 0.2) is 24.3 Å². The van der Waals surface area contributed by atoms with Crippen LogP contribution in [0.1, 0.15) is 43.2 Å². The number of hydrogen-bond acceptors (Lipinski definition) is 3. The first-order valence-corrected chi connectivity index (χ1v) is 7.03. The molecule has 0 amide bonds. The van der Waals surface area contributed by atoms with Crippen LogP contribution >= 0.6 is 0 Å². The molecule has 1 aromatic rings. The quantitative estimate of drug-likeness (QED) is 0.815. The Labute approximate surface area is 113 Å². The standard InChI is InChI=1S/C16H18N2O/c17-10-12-3-1-4-13(7-12)11-18-14-5-2-6-15(18)9-16(19)8-14/h1,3-4,7,14-15H,2,5-6,8-9,11H2. The van der Waals surface area contributed by atoms with E-state index in [4.69, 9.17) is 5.26 Å². The van der Waals surface area contributed by atoms with Gasteiger partial charge in [0.25, 0.3) is 0 Å². The Morgan fingerprint density at radius 3 is 2.68 bits per heavy atom. The molecule has 2 bridgehead atoms. The highest BCUT2D eigenvalue weighted by Crippen LogP contribution is 2.33. The molecule has 19 heavy (non-hydrogen) atoms. The summed E-state index contributed by atoms with van der Waals surface area (Å²) in [5, 5.41) is 8.96. The molecule has 3 nitrogen and oxygen atoms in total. The molecule has 2 unspecified atom stereocenters. The maximum Gasteiger partial charge on any atom is 0.136 e.